The Morgan fingerprint density at radius 1 is 0.800 bits per heavy atom. The molecule has 0 saturated carbocycles. The third kappa shape index (κ3) is 6.50. The third-order valence-electron chi connectivity index (χ3n) is 5.61. The zero-order chi connectivity index (χ0) is 29.0. The van der Waals surface area contributed by atoms with E-state index in [4.69, 9.17) is 21.1 Å². The topological polar surface area (TPSA) is 114 Å². The summed E-state index contributed by atoms with van der Waals surface area (Å²) in [6.45, 7) is 7.33. The molecule has 206 valence electrons. The van der Waals surface area contributed by atoms with Gasteiger partial charge in [0.25, 0.3) is 17.7 Å². The van der Waals surface area contributed by atoms with Gasteiger partial charge in [-0.2, -0.15) is 0 Å². The molecule has 0 bridgehead atoms. The third-order valence-corrected chi connectivity index (χ3v) is 5.96. The van der Waals surface area contributed by atoms with Crippen molar-refractivity contribution in [1.82, 2.24) is 0 Å². The number of rotatable bonds is 9. The average Bonchev–Trinajstić information content (AvgIpc) is 3.12. The molecule has 10 heteroatoms. The summed E-state index contributed by atoms with van der Waals surface area (Å²) in [6.07, 6.45) is -0.249. The van der Waals surface area contributed by atoms with Gasteiger partial charge in [-0.25, -0.2) is 9.69 Å². The lowest BCUT2D eigenvalue weighted by Gasteiger charge is -2.16. The molecule has 1 aliphatic rings. The van der Waals surface area contributed by atoms with Crippen molar-refractivity contribution in [2.24, 2.45) is 0 Å². The molecule has 3 aromatic carbocycles. The van der Waals surface area contributed by atoms with Gasteiger partial charge in [0.15, 0.2) is 0 Å². The number of nitrogens with one attached hydrogen (secondary N) is 2. The smallest absolute Gasteiger partial charge is 0.338 e. The minimum Gasteiger partial charge on any atom is -0.491 e. The van der Waals surface area contributed by atoms with Gasteiger partial charge >= 0.3 is 5.97 Å². The first-order valence-electron chi connectivity index (χ1n) is 12.6. The zero-order valence-corrected chi connectivity index (χ0v) is 23.1. The summed E-state index contributed by atoms with van der Waals surface area (Å²) >= 11 is 6.25. The molecule has 0 unspecified atom stereocenters. The summed E-state index contributed by atoms with van der Waals surface area (Å²) in [4.78, 5) is 51.9. The van der Waals surface area contributed by atoms with Crippen LogP contribution >= 0.6 is 11.6 Å². The van der Waals surface area contributed by atoms with Gasteiger partial charge in [-0.15, -0.1) is 0 Å². The van der Waals surface area contributed by atoms with E-state index >= 15 is 0 Å². The molecule has 0 radical (unpaired) electrons. The number of imide groups is 1. The van der Waals surface area contributed by atoms with Crippen LogP contribution in [0.3, 0.4) is 0 Å². The van der Waals surface area contributed by atoms with Gasteiger partial charge in [-0.3, -0.25) is 14.4 Å². The summed E-state index contributed by atoms with van der Waals surface area (Å²) < 4.78 is 10.8. The first-order valence-corrected chi connectivity index (χ1v) is 13.0. The maximum atomic E-state index is 13.2. The lowest BCUT2D eigenvalue weighted by Crippen LogP contribution is -2.32. The van der Waals surface area contributed by atoms with E-state index in [2.05, 4.69) is 10.6 Å². The molecule has 0 aliphatic carbocycles. The van der Waals surface area contributed by atoms with Crippen molar-refractivity contribution < 1.29 is 28.7 Å². The minimum atomic E-state index is -0.717. The number of nitrogens with zero attached hydrogens (tertiary/aromatic N) is 1. The highest BCUT2D eigenvalue weighted by molar-refractivity contribution is 6.53. The highest BCUT2D eigenvalue weighted by atomic mass is 35.5. The van der Waals surface area contributed by atoms with E-state index in [1.165, 1.54) is 30.3 Å². The van der Waals surface area contributed by atoms with Crippen molar-refractivity contribution in [3.63, 3.8) is 0 Å². The second-order valence-electron chi connectivity index (χ2n) is 9.49. The SMILES string of the molecule is CC(C)OC(=O)c1ccc(N2C(=O)C(Cl)=C(Nc3cccc(C(=O)Nc4ccc(OC(C)C)cc4)c3)C2=O)cc1. The number of anilines is 3. The maximum Gasteiger partial charge on any atom is 0.338 e. The van der Waals surface area contributed by atoms with Crippen molar-refractivity contribution in [3.05, 3.63) is 94.7 Å². The summed E-state index contributed by atoms with van der Waals surface area (Å²) in [5.74, 6) is -1.58. The molecule has 0 saturated heterocycles. The fourth-order valence-corrected chi connectivity index (χ4v) is 4.06. The van der Waals surface area contributed by atoms with Crippen molar-refractivity contribution in [3.8, 4) is 5.75 Å². The minimum absolute atomic E-state index is 0.0364. The maximum absolute atomic E-state index is 13.2. The molecule has 0 fully saturated rings. The molecule has 4 rings (SSSR count). The van der Waals surface area contributed by atoms with E-state index in [0.29, 0.717) is 22.7 Å². The van der Waals surface area contributed by atoms with E-state index < -0.39 is 17.8 Å². The fourth-order valence-electron chi connectivity index (χ4n) is 3.85. The van der Waals surface area contributed by atoms with Crippen LogP contribution in [0.5, 0.6) is 5.75 Å². The van der Waals surface area contributed by atoms with Crippen LogP contribution in [0.1, 0.15) is 48.4 Å². The number of halogens is 1. The quantitative estimate of drug-likeness (QED) is 0.253. The van der Waals surface area contributed by atoms with E-state index in [-0.39, 0.29) is 40.1 Å². The number of ether oxygens (including phenoxy) is 2. The van der Waals surface area contributed by atoms with Gasteiger partial charge in [0.1, 0.15) is 16.5 Å². The van der Waals surface area contributed by atoms with E-state index in [1.54, 1.807) is 56.3 Å². The molecule has 0 spiro atoms. The molecule has 2 N–H and O–H groups in total. The van der Waals surface area contributed by atoms with Crippen LogP contribution in [0.4, 0.5) is 17.1 Å². The number of amides is 3. The van der Waals surface area contributed by atoms with Gasteiger partial charge in [0.05, 0.1) is 23.5 Å². The van der Waals surface area contributed by atoms with Gasteiger partial charge < -0.3 is 20.1 Å². The predicted molar refractivity (Wildman–Crippen MR) is 153 cm³/mol. The Morgan fingerprint density at radius 2 is 1.48 bits per heavy atom. The Labute approximate surface area is 236 Å². The molecule has 3 aromatic rings. The van der Waals surface area contributed by atoms with Crippen LogP contribution in [-0.2, 0) is 14.3 Å². The summed E-state index contributed by atoms with van der Waals surface area (Å²) in [5, 5.41) is 5.39. The normalized spacial score (nSPS) is 13.2. The summed E-state index contributed by atoms with van der Waals surface area (Å²) in [7, 11) is 0. The number of benzene rings is 3. The van der Waals surface area contributed by atoms with Gasteiger partial charge in [0, 0.05) is 16.9 Å². The second kappa shape index (κ2) is 12.0. The van der Waals surface area contributed by atoms with Crippen LogP contribution in [0, 0.1) is 0 Å². The molecular formula is C30H28ClN3O6. The number of carbonyl (C=O) groups is 4. The Bertz CT molecular complexity index is 1480. The van der Waals surface area contributed by atoms with Gasteiger partial charge in [0.2, 0.25) is 0 Å². The van der Waals surface area contributed by atoms with Crippen LogP contribution < -0.4 is 20.3 Å². The van der Waals surface area contributed by atoms with E-state index in [1.807, 2.05) is 13.8 Å². The average molecular weight is 562 g/mol. The van der Waals surface area contributed by atoms with Crippen LogP contribution in [0.2, 0.25) is 0 Å². The molecule has 9 nitrogen and oxygen atoms in total. The first kappa shape index (κ1) is 28.4. The van der Waals surface area contributed by atoms with Crippen molar-refractivity contribution in [1.29, 1.82) is 0 Å². The van der Waals surface area contributed by atoms with Gasteiger partial charge in [-0.1, -0.05) is 17.7 Å². The molecule has 1 heterocycles. The monoisotopic (exact) mass is 561 g/mol. The predicted octanol–water partition coefficient (Wildman–Crippen LogP) is 5.73. The molecule has 40 heavy (non-hydrogen) atoms. The number of hydrogen-bond acceptors (Lipinski definition) is 7. The number of esters is 1. The highest BCUT2D eigenvalue weighted by Crippen LogP contribution is 2.30. The zero-order valence-electron chi connectivity index (χ0n) is 22.4. The molecular weight excluding hydrogens is 534 g/mol. The lowest BCUT2D eigenvalue weighted by molar-refractivity contribution is -0.120. The standard InChI is InChI=1S/C30H28ClN3O6/c1-17(2)39-24-14-10-21(11-15-24)33-27(35)20-6-5-7-22(16-20)32-26-25(31)28(36)34(29(26)37)23-12-8-19(9-13-23)30(38)40-18(3)4/h5-18,32H,1-4H3,(H,33,35). The molecule has 0 aromatic heterocycles. The van der Waals surface area contributed by atoms with E-state index in [9.17, 15) is 19.2 Å². The lowest BCUT2D eigenvalue weighted by atomic mass is 10.1. The van der Waals surface area contributed by atoms with Crippen LogP contribution in [-0.4, -0.2) is 35.9 Å². The van der Waals surface area contributed by atoms with Crippen LogP contribution in [0.15, 0.2) is 83.5 Å². The second-order valence-corrected chi connectivity index (χ2v) is 9.86. The van der Waals surface area contributed by atoms with Crippen LogP contribution in [0.25, 0.3) is 0 Å². The summed E-state index contributed by atoms with van der Waals surface area (Å²) in [5.41, 5.74) is 1.68. The number of carbonyl (C=O) groups excluding carboxylic acids is 4. The Hall–Kier alpha value is -4.63. The molecule has 1 aliphatic heterocycles. The Balaban J connectivity index is 1.45. The first-order chi connectivity index (χ1) is 19.0. The van der Waals surface area contributed by atoms with Crippen molar-refractivity contribution in [2.75, 3.05) is 15.5 Å². The van der Waals surface area contributed by atoms with E-state index in [0.717, 1.165) is 4.90 Å². The van der Waals surface area contributed by atoms with Crippen molar-refractivity contribution >= 4 is 52.4 Å². The summed E-state index contributed by atoms with van der Waals surface area (Å²) in [6, 6.07) is 19.3. The van der Waals surface area contributed by atoms with Gasteiger partial charge in [-0.05, 0) is 94.4 Å². The fraction of sp³-hybridized carbons (Fsp3) is 0.200. The Kier molecular flexibility index (Phi) is 8.55. The largest absolute Gasteiger partial charge is 0.491 e. The molecule has 3 amide bonds. The van der Waals surface area contributed by atoms with Crippen molar-refractivity contribution in [2.45, 2.75) is 39.9 Å². The molecule has 0 atom stereocenters. The highest BCUT2D eigenvalue weighted by Gasteiger charge is 2.39. The number of hydrogen-bond donors (Lipinski definition) is 2. The Morgan fingerprint density at radius 3 is 2.10 bits per heavy atom.